The molecule has 1 fully saturated rings. The van der Waals surface area contributed by atoms with Crippen LogP contribution in [0.15, 0.2) is 48.5 Å². The zero-order valence-electron chi connectivity index (χ0n) is 19.2. The van der Waals surface area contributed by atoms with Crippen LogP contribution in [0.4, 0.5) is 4.79 Å². The Morgan fingerprint density at radius 1 is 1.09 bits per heavy atom. The van der Waals surface area contributed by atoms with Gasteiger partial charge in [-0.1, -0.05) is 61.9 Å². The lowest BCUT2D eigenvalue weighted by Crippen LogP contribution is -2.43. The summed E-state index contributed by atoms with van der Waals surface area (Å²) in [6.07, 6.45) is 0.582. The van der Waals surface area contributed by atoms with E-state index in [9.17, 15) is 19.5 Å². The van der Waals surface area contributed by atoms with Crippen molar-refractivity contribution in [3.63, 3.8) is 0 Å². The van der Waals surface area contributed by atoms with Crippen LogP contribution in [-0.4, -0.2) is 55.0 Å². The first-order valence-electron chi connectivity index (χ1n) is 11.7. The van der Waals surface area contributed by atoms with Crippen molar-refractivity contribution in [3.8, 4) is 11.1 Å². The quantitative estimate of drug-likeness (QED) is 0.523. The second-order valence-electron chi connectivity index (χ2n) is 8.78. The summed E-state index contributed by atoms with van der Waals surface area (Å²) >= 11 is 0. The maximum absolute atomic E-state index is 12.4. The molecule has 1 aliphatic carbocycles. The molecule has 2 aromatic rings. The highest BCUT2D eigenvalue weighted by Crippen LogP contribution is 2.44. The third-order valence-corrected chi connectivity index (χ3v) is 6.46. The molecular weight excluding hydrogens is 436 g/mol. The van der Waals surface area contributed by atoms with Gasteiger partial charge >= 0.3 is 12.1 Å². The van der Waals surface area contributed by atoms with Crippen molar-refractivity contribution in [1.29, 1.82) is 0 Å². The zero-order chi connectivity index (χ0) is 24.1. The van der Waals surface area contributed by atoms with E-state index in [1.165, 1.54) is 11.1 Å². The van der Waals surface area contributed by atoms with E-state index < -0.39 is 24.0 Å². The van der Waals surface area contributed by atoms with Gasteiger partial charge in [0, 0.05) is 12.5 Å². The van der Waals surface area contributed by atoms with Crippen LogP contribution < -0.4 is 10.6 Å². The third-order valence-electron chi connectivity index (χ3n) is 6.46. The van der Waals surface area contributed by atoms with Crippen LogP contribution in [0.25, 0.3) is 11.1 Å². The molecule has 0 radical (unpaired) electrons. The number of hydrogen-bond acceptors (Lipinski definition) is 5. The predicted octanol–water partition coefficient (Wildman–Crippen LogP) is 3.30. The number of amides is 2. The summed E-state index contributed by atoms with van der Waals surface area (Å²) in [5.41, 5.74) is 4.62. The summed E-state index contributed by atoms with van der Waals surface area (Å²) in [7, 11) is 0. The number of carbonyl (C=O) groups is 3. The molecule has 3 N–H and O–H groups in total. The first-order valence-corrected chi connectivity index (χ1v) is 11.7. The molecule has 2 aliphatic rings. The standard InChI is InChI=1S/C26H30N2O6/c1-2-7-23(25(30)31)28-24(29)16-12-17(33-14-16)13-27-26(32)34-15-22-20-10-5-3-8-18(20)19-9-4-6-11-21(19)22/h3-6,8-11,16-17,22-23H,2,7,12-15H2,1H3,(H,27,32)(H,28,29)(H,30,31)/t16-,17-,23-/m0/s1. The van der Waals surface area contributed by atoms with Gasteiger partial charge < -0.3 is 25.2 Å². The highest BCUT2D eigenvalue weighted by molar-refractivity contribution is 5.85. The Hall–Kier alpha value is -3.39. The first-order chi connectivity index (χ1) is 16.5. The molecule has 34 heavy (non-hydrogen) atoms. The van der Waals surface area contributed by atoms with Crippen LogP contribution in [0, 0.1) is 5.92 Å². The highest BCUT2D eigenvalue weighted by Gasteiger charge is 2.33. The van der Waals surface area contributed by atoms with Crippen molar-refractivity contribution < 1.29 is 29.0 Å². The van der Waals surface area contributed by atoms with Crippen molar-refractivity contribution in [2.24, 2.45) is 5.92 Å². The van der Waals surface area contributed by atoms with E-state index in [2.05, 4.69) is 34.9 Å². The number of carbonyl (C=O) groups excluding carboxylic acids is 2. The van der Waals surface area contributed by atoms with Gasteiger partial charge in [-0.25, -0.2) is 9.59 Å². The van der Waals surface area contributed by atoms with E-state index in [0.29, 0.717) is 19.3 Å². The number of benzene rings is 2. The van der Waals surface area contributed by atoms with Crippen molar-refractivity contribution in [2.75, 3.05) is 19.8 Å². The molecule has 180 valence electrons. The molecule has 2 amide bonds. The second kappa shape index (κ2) is 10.7. The monoisotopic (exact) mass is 466 g/mol. The maximum atomic E-state index is 12.4. The van der Waals surface area contributed by atoms with Gasteiger partial charge in [0.1, 0.15) is 12.6 Å². The molecule has 2 aromatic carbocycles. The Morgan fingerprint density at radius 3 is 2.35 bits per heavy atom. The van der Waals surface area contributed by atoms with Gasteiger partial charge in [-0.05, 0) is 35.1 Å². The fourth-order valence-electron chi connectivity index (χ4n) is 4.71. The van der Waals surface area contributed by atoms with E-state index in [1.807, 2.05) is 31.2 Å². The second-order valence-corrected chi connectivity index (χ2v) is 8.78. The van der Waals surface area contributed by atoms with Crippen LogP contribution in [0.1, 0.15) is 43.2 Å². The lowest BCUT2D eigenvalue weighted by atomic mass is 9.98. The van der Waals surface area contributed by atoms with E-state index in [-0.39, 0.29) is 37.7 Å². The number of rotatable bonds is 9. The average molecular weight is 467 g/mol. The Morgan fingerprint density at radius 2 is 1.74 bits per heavy atom. The van der Waals surface area contributed by atoms with Gasteiger partial charge in [0.2, 0.25) is 5.91 Å². The lowest BCUT2D eigenvalue weighted by molar-refractivity contribution is -0.142. The number of alkyl carbamates (subject to hydrolysis) is 1. The number of ether oxygens (including phenoxy) is 2. The van der Waals surface area contributed by atoms with Crippen LogP contribution in [0.5, 0.6) is 0 Å². The van der Waals surface area contributed by atoms with Crippen LogP contribution in [-0.2, 0) is 19.1 Å². The largest absolute Gasteiger partial charge is 0.480 e. The van der Waals surface area contributed by atoms with Gasteiger partial charge in [-0.15, -0.1) is 0 Å². The van der Waals surface area contributed by atoms with Gasteiger partial charge in [-0.3, -0.25) is 4.79 Å². The molecule has 4 rings (SSSR count). The molecule has 8 heteroatoms. The molecule has 3 atom stereocenters. The minimum absolute atomic E-state index is 0.0146. The molecule has 8 nitrogen and oxygen atoms in total. The van der Waals surface area contributed by atoms with E-state index in [0.717, 1.165) is 11.1 Å². The fourth-order valence-corrected chi connectivity index (χ4v) is 4.71. The smallest absolute Gasteiger partial charge is 0.407 e. The molecule has 0 unspecified atom stereocenters. The first kappa shape index (κ1) is 23.8. The van der Waals surface area contributed by atoms with Crippen molar-refractivity contribution in [3.05, 3.63) is 59.7 Å². The van der Waals surface area contributed by atoms with Crippen molar-refractivity contribution in [1.82, 2.24) is 10.6 Å². The molecular formula is C26H30N2O6. The van der Waals surface area contributed by atoms with Gasteiger partial charge in [0.25, 0.3) is 0 Å². The number of fused-ring (bicyclic) bond motifs is 3. The van der Waals surface area contributed by atoms with Crippen molar-refractivity contribution >= 4 is 18.0 Å². The summed E-state index contributed by atoms with van der Waals surface area (Å²) in [5.74, 6) is -1.82. The van der Waals surface area contributed by atoms with Crippen LogP contribution in [0.3, 0.4) is 0 Å². The molecule has 1 aliphatic heterocycles. The molecule has 1 saturated heterocycles. The summed E-state index contributed by atoms with van der Waals surface area (Å²) in [4.78, 5) is 36.0. The Bertz CT molecular complexity index is 1010. The maximum Gasteiger partial charge on any atom is 0.407 e. The van der Waals surface area contributed by atoms with Gasteiger partial charge in [0.05, 0.1) is 18.6 Å². The van der Waals surface area contributed by atoms with Gasteiger partial charge in [-0.2, -0.15) is 0 Å². The number of nitrogens with one attached hydrogen (secondary N) is 2. The minimum atomic E-state index is -1.04. The Kier molecular flexibility index (Phi) is 7.47. The average Bonchev–Trinajstić information content (AvgIpc) is 3.44. The van der Waals surface area contributed by atoms with Gasteiger partial charge in [0.15, 0.2) is 0 Å². The SMILES string of the molecule is CCC[C@H](NC(=O)[C@@H]1CO[C@H](CNC(=O)OCC2c3ccccc3-c3ccccc32)C1)C(=O)O. The molecule has 0 aromatic heterocycles. The summed E-state index contributed by atoms with van der Waals surface area (Å²) in [6, 6.07) is 15.4. The number of carboxylic acid groups (broad SMARTS) is 1. The van der Waals surface area contributed by atoms with Crippen LogP contribution in [0.2, 0.25) is 0 Å². The normalized spacial score (nSPS) is 19.7. The Balaban J connectivity index is 1.24. The number of carboxylic acids is 1. The topological polar surface area (TPSA) is 114 Å². The molecule has 0 spiro atoms. The van der Waals surface area contributed by atoms with E-state index >= 15 is 0 Å². The van der Waals surface area contributed by atoms with Crippen molar-refractivity contribution in [2.45, 2.75) is 44.2 Å². The Labute approximate surface area is 198 Å². The zero-order valence-corrected chi connectivity index (χ0v) is 19.2. The fraction of sp³-hybridized carbons (Fsp3) is 0.423. The molecule has 0 saturated carbocycles. The summed E-state index contributed by atoms with van der Waals surface area (Å²) in [5, 5.41) is 14.5. The van der Waals surface area contributed by atoms with E-state index in [4.69, 9.17) is 9.47 Å². The van der Waals surface area contributed by atoms with E-state index in [1.54, 1.807) is 0 Å². The summed E-state index contributed by atoms with van der Waals surface area (Å²) in [6.45, 7) is 2.51. The summed E-state index contributed by atoms with van der Waals surface area (Å²) < 4.78 is 11.2. The number of aliphatic carboxylic acids is 1. The highest BCUT2D eigenvalue weighted by atomic mass is 16.5. The third kappa shape index (κ3) is 5.22. The predicted molar refractivity (Wildman–Crippen MR) is 125 cm³/mol. The minimum Gasteiger partial charge on any atom is -0.480 e. The molecule has 0 bridgehead atoms. The molecule has 1 heterocycles. The van der Waals surface area contributed by atoms with Crippen LogP contribution >= 0.6 is 0 Å². The number of hydrogen-bond donors (Lipinski definition) is 3. The lowest BCUT2D eigenvalue weighted by Gasteiger charge is -2.16.